The van der Waals surface area contributed by atoms with Gasteiger partial charge in [0.15, 0.2) is 0 Å². The summed E-state index contributed by atoms with van der Waals surface area (Å²) in [5.74, 6) is 1.92. The first kappa shape index (κ1) is 18.4. The lowest BCUT2D eigenvalue weighted by molar-refractivity contribution is 0.452. The van der Waals surface area contributed by atoms with Crippen LogP contribution in [0.2, 0.25) is 0 Å². The van der Waals surface area contributed by atoms with E-state index in [1.165, 1.54) is 22.3 Å². The predicted molar refractivity (Wildman–Crippen MR) is 117 cm³/mol. The number of hydrogen-bond acceptors (Lipinski definition) is 4. The summed E-state index contributed by atoms with van der Waals surface area (Å²) in [5, 5.41) is 0. The lowest BCUT2D eigenvalue weighted by Crippen LogP contribution is -2.17. The van der Waals surface area contributed by atoms with Gasteiger partial charge < -0.3 is 20.3 Å². The lowest BCUT2D eigenvalue weighted by Gasteiger charge is -2.31. The molecule has 0 radical (unpaired) electrons. The van der Waals surface area contributed by atoms with E-state index in [-0.39, 0.29) is 5.92 Å². The van der Waals surface area contributed by atoms with Crippen molar-refractivity contribution in [2.45, 2.75) is 12.5 Å². The molecule has 0 bridgehead atoms. The second-order valence-corrected chi connectivity index (χ2v) is 7.67. The molecule has 0 amide bonds. The molecule has 1 heterocycles. The van der Waals surface area contributed by atoms with Crippen molar-refractivity contribution in [2.75, 3.05) is 38.0 Å². The molecule has 0 aliphatic carbocycles. The van der Waals surface area contributed by atoms with E-state index >= 15 is 0 Å². The van der Waals surface area contributed by atoms with E-state index in [1.54, 1.807) is 0 Å². The van der Waals surface area contributed by atoms with Crippen molar-refractivity contribution in [3.05, 3.63) is 82.9 Å². The van der Waals surface area contributed by atoms with E-state index in [0.717, 1.165) is 22.9 Å². The Morgan fingerprint density at radius 2 is 1.29 bits per heavy atom. The fraction of sp³-hybridized carbons (Fsp3) is 0.250. The van der Waals surface area contributed by atoms with Crippen LogP contribution in [0.1, 0.15) is 28.2 Å². The minimum atomic E-state index is 0.103. The molecule has 2 N–H and O–H groups in total. The Morgan fingerprint density at radius 1 is 0.750 bits per heavy atom. The minimum Gasteiger partial charge on any atom is -0.457 e. The molecule has 0 saturated heterocycles. The van der Waals surface area contributed by atoms with Crippen LogP contribution in [0, 0.1) is 0 Å². The topological polar surface area (TPSA) is 41.7 Å². The number of anilines is 2. The predicted octanol–water partition coefficient (Wildman–Crippen LogP) is 4.56. The number of nitrogens with zero attached hydrogens (tertiary/aromatic N) is 2. The Hall–Kier alpha value is -2.98. The van der Waals surface area contributed by atoms with Crippen molar-refractivity contribution in [1.82, 2.24) is 0 Å². The second-order valence-electron chi connectivity index (χ2n) is 7.67. The number of rotatable bonds is 4. The summed E-state index contributed by atoms with van der Waals surface area (Å²) in [4.78, 5) is 4.19. The molecule has 144 valence electrons. The summed E-state index contributed by atoms with van der Waals surface area (Å²) < 4.78 is 6.40. The molecule has 0 fully saturated rings. The number of hydrogen-bond donors (Lipinski definition) is 1. The van der Waals surface area contributed by atoms with Crippen molar-refractivity contribution >= 4 is 11.4 Å². The smallest absolute Gasteiger partial charge is 0.133 e. The van der Waals surface area contributed by atoms with Gasteiger partial charge >= 0.3 is 0 Å². The third-order valence-corrected chi connectivity index (χ3v) is 5.46. The van der Waals surface area contributed by atoms with Crippen LogP contribution < -0.4 is 20.3 Å². The van der Waals surface area contributed by atoms with Crippen LogP contribution in [0.3, 0.4) is 0 Å². The largest absolute Gasteiger partial charge is 0.457 e. The molecule has 4 heteroatoms. The van der Waals surface area contributed by atoms with E-state index < -0.39 is 0 Å². The van der Waals surface area contributed by atoms with Crippen LogP contribution in [0.15, 0.2) is 60.7 Å². The highest BCUT2D eigenvalue weighted by Crippen LogP contribution is 2.49. The van der Waals surface area contributed by atoms with Gasteiger partial charge in [-0.15, -0.1) is 0 Å². The first-order valence-corrected chi connectivity index (χ1v) is 9.58. The fourth-order valence-corrected chi connectivity index (χ4v) is 3.88. The van der Waals surface area contributed by atoms with Crippen LogP contribution in [-0.2, 0) is 6.54 Å². The van der Waals surface area contributed by atoms with Crippen LogP contribution in [0.4, 0.5) is 11.4 Å². The Balaban J connectivity index is 1.94. The van der Waals surface area contributed by atoms with Gasteiger partial charge in [0, 0.05) is 75.3 Å². The van der Waals surface area contributed by atoms with E-state index in [0.29, 0.717) is 6.54 Å². The molecule has 0 unspecified atom stereocenters. The molecule has 1 aliphatic heterocycles. The second kappa shape index (κ2) is 7.21. The van der Waals surface area contributed by atoms with Gasteiger partial charge in [0.25, 0.3) is 0 Å². The maximum absolute atomic E-state index is 6.40. The van der Waals surface area contributed by atoms with Gasteiger partial charge in [-0.1, -0.05) is 36.4 Å². The van der Waals surface area contributed by atoms with E-state index in [9.17, 15) is 0 Å². The maximum atomic E-state index is 6.40. The molecule has 3 aromatic rings. The summed E-state index contributed by atoms with van der Waals surface area (Å²) in [6, 6.07) is 21.4. The Kier molecular flexibility index (Phi) is 4.73. The number of nitrogens with two attached hydrogens (primary N) is 1. The molecule has 1 aliphatic rings. The van der Waals surface area contributed by atoms with Crippen molar-refractivity contribution < 1.29 is 4.74 Å². The van der Waals surface area contributed by atoms with Crippen LogP contribution in [0.5, 0.6) is 11.5 Å². The zero-order chi connectivity index (χ0) is 19.8. The molecule has 4 rings (SSSR count). The van der Waals surface area contributed by atoms with Gasteiger partial charge in [-0.2, -0.15) is 0 Å². The number of benzene rings is 3. The number of ether oxygens (including phenoxy) is 1. The molecule has 3 aromatic carbocycles. The summed E-state index contributed by atoms with van der Waals surface area (Å²) in [5.41, 5.74) is 13.1. The van der Waals surface area contributed by atoms with Gasteiger partial charge in [-0.05, 0) is 23.3 Å². The van der Waals surface area contributed by atoms with Gasteiger partial charge in [-0.3, -0.25) is 0 Å². The summed E-state index contributed by atoms with van der Waals surface area (Å²) in [6.07, 6.45) is 0. The molecule has 28 heavy (non-hydrogen) atoms. The molecule has 0 aromatic heterocycles. The van der Waals surface area contributed by atoms with E-state index in [1.807, 2.05) is 28.2 Å². The Labute approximate surface area is 167 Å². The fourth-order valence-electron chi connectivity index (χ4n) is 3.88. The Bertz CT molecular complexity index is 953. The average molecular weight is 374 g/mol. The summed E-state index contributed by atoms with van der Waals surface area (Å²) in [6.45, 7) is 0.518. The van der Waals surface area contributed by atoms with Gasteiger partial charge in [0.1, 0.15) is 11.5 Å². The van der Waals surface area contributed by atoms with Crippen molar-refractivity contribution in [3.63, 3.8) is 0 Å². The van der Waals surface area contributed by atoms with Crippen molar-refractivity contribution in [3.8, 4) is 11.5 Å². The first-order valence-electron chi connectivity index (χ1n) is 9.58. The third-order valence-electron chi connectivity index (χ3n) is 5.46. The zero-order valence-corrected chi connectivity index (χ0v) is 16.9. The van der Waals surface area contributed by atoms with Gasteiger partial charge in [0.05, 0.1) is 0 Å². The van der Waals surface area contributed by atoms with Crippen molar-refractivity contribution in [2.24, 2.45) is 5.73 Å². The molecule has 0 atom stereocenters. The SMILES string of the molecule is CN(C)c1ccc2c(c1)Oc1cc(N(C)C)ccc1C2c1ccccc1CN. The highest BCUT2D eigenvalue weighted by Gasteiger charge is 2.30. The highest BCUT2D eigenvalue weighted by molar-refractivity contribution is 5.66. The maximum Gasteiger partial charge on any atom is 0.133 e. The molecule has 0 spiro atoms. The average Bonchev–Trinajstić information content (AvgIpc) is 2.71. The van der Waals surface area contributed by atoms with E-state index in [4.69, 9.17) is 10.5 Å². The van der Waals surface area contributed by atoms with Gasteiger partial charge in [-0.25, -0.2) is 0 Å². The summed E-state index contributed by atoms with van der Waals surface area (Å²) in [7, 11) is 8.18. The van der Waals surface area contributed by atoms with Gasteiger partial charge in [0.2, 0.25) is 0 Å². The number of fused-ring (bicyclic) bond motifs is 2. The minimum absolute atomic E-state index is 0.103. The van der Waals surface area contributed by atoms with Crippen molar-refractivity contribution in [1.29, 1.82) is 0 Å². The third kappa shape index (κ3) is 3.10. The normalized spacial score (nSPS) is 12.8. The highest BCUT2D eigenvalue weighted by atomic mass is 16.5. The standard InChI is InChI=1S/C24H27N3O/c1-26(2)17-9-11-20-22(13-17)28-23-14-18(27(3)4)10-12-21(23)24(20)19-8-6-5-7-16(19)15-25/h5-14,24H,15,25H2,1-4H3. The van der Waals surface area contributed by atoms with Crippen LogP contribution >= 0.6 is 0 Å². The lowest BCUT2D eigenvalue weighted by atomic mass is 9.80. The monoisotopic (exact) mass is 373 g/mol. The van der Waals surface area contributed by atoms with E-state index in [2.05, 4.69) is 70.5 Å². The Morgan fingerprint density at radius 3 is 1.79 bits per heavy atom. The quantitative estimate of drug-likeness (QED) is 0.569. The van der Waals surface area contributed by atoms with Crippen LogP contribution in [-0.4, -0.2) is 28.2 Å². The summed E-state index contributed by atoms with van der Waals surface area (Å²) >= 11 is 0. The molecular weight excluding hydrogens is 346 g/mol. The zero-order valence-electron chi connectivity index (χ0n) is 16.9. The van der Waals surface area contributed by atoms with Crippen LogP contribution in [0.25, 0.3) is 0 Å². The molecular formula is C24H27N3O. The first-order chi connectivity index (χ1) is 13.5. The molecule has 4 nitrogen and oxygen atoms in total. The molecule has 0 saturated carbocycles.